The molecule has 0 aliphatic heterocycles. The molecule has 0 fully saturated rings. The molecule has 7 heteroatoms. The smallest absolute Gasteiger partial charge is 0.268 e. The molecular weight excluding hydrogens is 268 g/mol. The number of primary amides is 1. The van der Waals surface area contributed by atoms with Crippen LogP contribution in [0, 0.1) is 0 Å². The van der Waals surface area contributed by atoms with Crippen molar-refractivity contribution in [1.82, 2.24) is 24.9 Å². The van der Waals surface area contributed by atoms with Gasteiger partial charge < -0.3 is 5.73 Å². The minimum Gasteiger partial charge on any atom is -0.364 e. The molecule has 1 rings (SSSR count). The van der Waals surface area contributed by atoms with Crippen molar-refractivity contribution in [2.24, 2.45) is 5.73 Å². The third-order valence-electron chi connectivity index (χ3n) is 1.85. The van der Waals surface area contributed by atoms with E-state index in [9.17, 15) is 4.79 Å². The fraction of sp³-hybridized carbons (Fsp3) is 0. The van der Waals surface area contributed by atoms with Crippen molar-refractivity contribution in [3.05, 3.63) is 79.7 Å². The second-order valence-corrected chi connectivity index (χ2v) is 3.37. The number of rotatable bonds is 1. The Morgan fingerprint density at radius 3 is 1.90 bits per heavy atom. The Bertz CT molecular complexity index is 588. The topological polar surface area (TPSA) is 108 Å². The van der Waals surface area contributed by atoms with Crippen molar-refractivity contribution in [3.63, 3.8) is 0 Å². The number of hydrogen-bond donors (Lipinski definition) is 1. The van der Waals surface area contributed by atoms with Gasteiger partial charge in [0, 0.05) is 49.6 Å². The third kappa shape index (κ3) is 8.49. The van der Waals surface area contributed by atoms with E-state index in [0.29, 0.717) is 0 Å². The van der Waals surface area contributed by atoms with Gasteiger partial charge in [0.05, 0.1) is 6.20 Å². The van der Waals surface area contributed by atoms with Gasteiger partial charge in [0.2, 0.25) is 0 Å². The minimum absolute atomic E-state index is 0.0104. The van der Waals surface area contributed by atoms with Crippen LogP contribution in [0.2, 0.25) is 0 Å². The van der Waals surface area contributed by atoms with Crippen molar-refractivity contribution in [2.75, 3.05) is 0 Å². The zero-order valence-corrected chi connectivity index (χ0v) is 11.1. The van der Waals surface area contributed by atoms with Crippen LogP contribution in [0.25, 0.3) is 0 Å². The highest BCUT2D eigenvalue weighted by molar-refractivity contribution is 5.90. The van der Waals surface area contributed by atoms with Gasteiger partial charge in [0.25, 0.3) is 5.91 Å². The molecule has 0 bridgehead atoms. The Morgan fingerprint density at radius 2 is 1.24 bits per heavy atom. The van der Waals surface area contributed by atoms with Gasteiger partial charge in [0.15, 0.2) is 0 Å². The second kappa shape index (κ2) is 10.7. The molecule has 0 aromatic carbocycles. The van der Waals surface area contributed by atoms with E-state index >= 15 is 0 Å². The summed E-state index contributed by atoms with van der Waals surface area (Å²) >= 11 is 0. The number of nitrogens with zero attached hydrogens (tertiary/aromatic N) is 5. The average Bonchev–Trinajstić information content (AvgIpc) is 2.47. The van der Waals surface area contributed by atoms with Crippen molar-refractivity contribution >= 4 is 5.91 Å². The lowest BCUT2D eigenvalue weighted by Crippen LogP contribution is -2.12. The Labute approximate surface area is 122 Å². The second-order valence-electron chi connectivity index (χ2n) is 3.37. The van der Waals surface area contributed by atoms with Crippen molar-refractivity contribution < 1.29 is 4.79 Å². The molecule has 1 aromatic rings. The van der Waals surface area contributed by atoms with Gasteiger partial charge in [-0.05, 0) is 18.2 Å². The van der Waals surface area contributed by atoms with Crippen molar-refractivity contribution in [3.8, 4) is 0 Å². The summed E-state index contributed by atoms with van der Waals surface area (Å²) in [5.74, 6) is -0.684. The van der Waals surface area contributed by atoms with Crippen LogP contribution < -0.4 is 5.73 Å². The van der Waals surface area contributed by atoms with E-state index in [1.807, 2.05) is 0 Å². The average molecular weight is 282 g/mol. The highest BCUT2D eigenvalue weighted by Gasteiger charge is 1.95. The Hall–Kier alpha value is -3.22. The maximum atomic E-state index is 11.1. The number of carbonyl (C=O) groups is 1. The molecule has 1 amide bonds. The van der Waals surface area contributed by atoms with Crippen LogP contribution in [-0.4, -0.2) is 30.8 Å². The molecule has 1 heterocycles. The fourth-order valence-electron chi connectivity index (χ4n) is 0.989. The van der Waals surface area contributed by atoms with E-state index in [1.54, 1.807) is 36.8 Å². The summed E-state index contributed by atoms with van der Waals surface area (Å²) in [6.45, 7) is 0. The maximum Gasteiger partial charge on any atom is 0.268 e. The van der Waals surface area contributed by atoms with E-state index in [-0.39, 0.29) is 5.69 Å². The molecule has 2 N–H and O–H groups in total. The highest BCUT2D eigenvalue weighted by Crippen LogP contribution is 1.82. The monoisotopic (exact) mass is 282 g/mol. The maximum absolute atomic E-state index is 11.1. The first-order chi connectivity index (χ1) is 10.3. The molecule has 0 aliphatic carbocycles. The molecule has 0 spiro atoms. The van der Waals surface area contributed by atoms with Gasteiger partial charge in [-0.15, -0.1) is 0 Å². The number of aromatic nitrogens is 5. The van der Waals surface area contributed by atoms with Crippen LogP contribution in [0.3, 0.4) is 0 Å². The van der Waals surface area contributed by atoms with Gasteiger partial charge >= 0.3 is 0 Å². The van der Waals surface area contributed by atoms with Crippen LogP contribution in [-0.2, 0) is 0 Å². The van der Waals surface area contributed by atoms with Crippen LogP contribution in [0.5, 0.6) is 0 Å². The van der Waals surface area contributed by atoms with E-state index in [2.05, 4.69) is 24.9 Å². The molecule has 0 saturated carbocycles. The number of amides is 1. The molecule has 0 aliphatic rings. The minimum atomic E-state index is -0.684. The zero-order valence-electron chi connectivity index (χ0n) is 11.1. The number of carbonyl (C=O) groups excluding carboxylic acids is 1. The molecule has 7 nitrogen and oxygen atoms in total. The predicted octanol–water partition coefficient (Wildman–Crippen LogP) is 1.13. The van der Waals surface area contributed by atoms with E-state index in [0.717, 1.165) is 0 Å². The lowest BCUT2D eigenvalue weighted by Gasteiger charge is -1.85. The quantitative estimate of drug-likeness (QED) is 0.827. The molecule has 21 heavy (non-hydrogen) atoms. The standard InChI is InChI=1S/C14H14N6O/c15-14(21)13-12-19-9-8-17-5-2-1-4-16-6-3-7-18-10-11-20-13/h1-12H,(H2,15,21). The van der Waals surface area contributed by atoms with Gasteiger partial charge in [-0.25, -0.2) is 4.98 Å². The van der Waals surface area contributed by atoms with Gasteiger partial charge in [-0.1, -0.05) is 0 Å². The molecule has 0 radical (unpaired) electrons. The Kier molecular flexibility index (Phi) is 8.05. The fourth-order valence-corrected chi connectivity index (χ4v) is 0.989. The SMILES string of the molecule is NC(=O)c1cnccnccccncccnccn1. The molecule has 0 saturated heterocycles. The summed E-state index contributed by atoms with van der Waals surface area (Å²) in [6.07, 6.45) is 13.1. The van der Waals surface area contributed by atoms with Gasteiger partial charge in [-0.3, -0.25) is 24.7 Å². The third-order valence-corrected chi connectivity index (χ3v) is 1.85. The summed E-state index contributed by atoms with van der Waals surface area (Å²) in [6, 6.07) is 5.08. The van der Waals surface area contributed by atoms with Crippen molar-refractivity contribution in [2.45, 2.75) is 0 Å². The van der Waals surface area contributed by atoms with Gasteiger partial charge in [0.1, 0.15) is 5.69 Å². The largest absolute Gasteiger partial charge is 0.364 e. The Morgan fingerprint density at radius 1 is 0.714 bits per heavy atom. The summed E-state index contributed by atoms with van der Waals surface area (Å²) in [5.41, 5.74) is 5.17. The molecule has 0 atom stereocenters. The van der Waals surface area contributed by atoms with E-state index < -0.39 is 5.91 Å². The number of nitrogens with two attached hydrogens (primary N) is 1. The zero-order chi connectivity index (χ0) is 15.2. The first-order valence-electron chi connectivity index (χ1n) is 5.91. The van der Waals surface area contributed by atoms with Crippen LogP contribution >= 0.6 is 0 Å². The van der Waals surface area contributed by atoms with Crippen LogP contribution in [0.1, 0.15) is 10.5 Å². The summed E-state index contributed by atoms with van der Waals surface area (Å²) < 4.78 is 0. The summed E-state index contributed by atoms with van der Waals surface area (Å²) in [5, 5.41) is 0. The normalized spacial score (nSPS) is 8.38. The van der Waals surface area contributed by atoms with Crippen LogP contribution in [0.4, 0.5) is 0 Å². The number of hydrogen-bond acceptors (Lipinski definition) is 6. The summed E-state index contributed by atoms with van der Waals surface area (Å²) in [4.78, 5) is 30.6. The molecule has 0 unspecified atom stereocenters. The van der Waals surface area contributed by atoms with E-state index in [4.69, 9.17) is 5.73 Å². The highest BCUT2D eigenvalue weighted by atomic mass is 16.1. The molecule has 106 valence electrons. The first kappa shape index (κ1) is 15.8. The molecular formula is C14H14N6O. The molecule has 1 aromatic heterocycles. The Balaban J connectivity index is 3.24. The lowest BCUT2D eigenvalue weighted by molar-refractivity contribution is 0.0995. The van der Waals surface area contributed by atoms with Crippen molar-refractivity contribution in [1.29, 1.82) is 0 Å². The lowest BCUT2D eigenvalue weighted by atomic mass is 10.4. The van der Waals surface area contributed by atoms with Crippen LogP contribution in [0.15, 0.2) is 74.0 Å². The predicted molar refractivity (Wildman–Crippen MR) is 76.8 cm³/mol. The van der Waals surface area contributed by atoms with E-state index in [1.165, 1.54) is 37.2 Å². The van der Waals surface area contributed by atoms with Gasteiger partial charge in [-0.2, -0.15) is 0 Å². The first-order valence-corrected chi connectivity index (χ1v) is 5.91. The summed E-state index contributed by atoms with van der Waals surface area (Å²) in [7, 11) is 0.